The summed E-state index contributed by atoms with van der Waals surface area (Å²) in [6.07, 6.45) is 1.41. The number of aryl methyl sites for hydroxylation is 1. The Hall–Kier alpha value is -2.83. The molecule has 0 saturated heterocycles. The van der Waals surface area contributed by atoms with Gasteiger partial charge < -0.3 is 20.2 Å². The number of urea groups is 1. The highest BCUT2D eigenvalue weighted by Crippen LogP contribution is 2.15. The lowest BCUT2D eigenvalue weighted by Gasteiger charge is -2.10. The number of hydrogen-bond acceptors (Lipinski definition) is 4. The van der Waals surface area contributed by atoms with Gasteiger partial charge in [0.15, 0.2) is 0 Å². The molecule has 2 aromatic rings. The molecule has 0 radical (unpaired) electrons. The first kappa shape index (κ1) is 14.6. The normalized spacial score (nSPS) is 10.1. The van der Waals surface area contributed by atoms with Gasteiger partial charge in [-0.3, -0.25) is 4.79 Å². The zero-order valence-electron chi connectivity index (χ0n) is 11.4. The summed E-state index contributed by atoms with van der Waals surface area (Å²) in [7, 11) is 0. The van der Waals surface area contributed by atoms with Crippen molar-refractivity contribution in [3.05, 3.63) is 47.7 Å². The lowest BCUT2D eigenvalue weighted by Crippen LogP contribution is -2.28. The van der Waals surface area contributed by atoms with Crippen molar-refractivity contribution < 1.29 is 19.1 Å². The van der Waals surface area contributed by atoms with Crippen LogP contribution in [0.5, 0.6) is 0 Å². The van der Waals surface area contributed by atoms with Gasteiger partial charge in [0.25, 0.3) is 0 Å². The van der Waals surface area contributed by atoms with Crippen molar-refractivity contribution in [2.75, 3.05) is 5.32 Å². The van der Waals surface area contributed by atoms with Crippen LogP contribution >= 0.6 is 0 Å². The first-order valence-electron chi connectivity index (χ1n) is 6.30. The molecule has 0 aliphatic carbocycles. The number of carbonyl (C=O) groups is 2. The molecule has 0 aliphatic rings. The maximum atomic E-state index is 11.8. The van der Waals surface area contributed by atoms with Gasteiger partial charge in [-0.05, 0) is 18.6 Å². The number of para-hydroxylation sites is 1. The summed E-state index contributed by atoms with van der Waals surface area (Å²) in [6, 6.07) is 6.28. The molecular formula is C14H15N3O4. The number of carbonyl (C=O) groups excluding carboxylic acids is 1. The number of oxazole rings is 1. The molecule has 0 saturated carbocycles. The van der Waals surface area contributed by atoms with Crippen LogP contribution in [0.4, 0.5) is 10.5 Å². The molecule has 21 heavy (non-hydrogen) atoms. The summed E-state index contributed by atoms with van der Waals surface area (Å²) in [4.78, 5) is 26.5. The van der Waals surface area contributed by atoms with E-state index < -0.39 is 12.0 Å². The Balaban J connectivity index is 1.94. The van der Waals surface area contributed by atoms with Crippen LogP contribution in [0.15, 0.2) is 34.9 Å². The Labute approximate surface area is 121 Å². The second-order valence-corrected chi connectivity index (χ2v) is 4.40. The zero-order chi connectivity index (χ0) is 15.2. The smallest absolute Gasteiger partial charge is 0.319 e. The number of amides is 2. The van der Waals surface area contributed by atoms with Gasteiger partial charge in [-0.2, -0.15) is 0 Å². The molecule has 0 unspecified atom stereocenters. The molecule has 2 amide bonds. The number of nitrogens with zero attached hydrogens (tertiary/aromatic N) is 1. The highest BCUT2D eigenvalue weighted by Gasteiger charge is 2.09. The summed E-state index contributed by atoms with van der Waals surface area (Å²) in [5.74, 6) is 0.111. The largest absolute Gasteiger partial charge is 0.481 e. The van der Waals surface area contributed by atoms with Gasteiger partial charge in [0.1, 0.15) is 5.76 Å². The molecule has 7 heteroatoms. The van der Waals surface area contributed by atoms with Crippen LogP contribution < -0.4 is 10.6 Å². The Morgan fingerprint density at radius 3 is 2.76 bits per heavy atom. The summed E-state index contributed by atoms with van der Waals surface area (Å²) in [5.41, 5.74) is 0.994. The maximum Gasteiger partial charge on any atom is 0.319 e. The van der Waals surface area contributed by atoms with Crippen molar-refractivity contribution in [2.45, 2.75) is 19.9 Å². The fourth-order valence-electron chi connectivity index (χ4n) is 1.76. The van der Waals surface area contributed by atoms with Gasteiger partial charge in [-0.25, -0.2) is 9.78 Å². The van der Waals surface area contributed by atoms with E-state index >= 15 is 0 Å². The standard InChI is InChI=1S/C14H15N3O4/c1-9-7-15-12(21-9)8-16-14(20)17-11-5-3-2-4-10(11)6-13(18)19/h2-5,7H,6,8H2,1H3,(H,18,19)(H2,16,17,20). The molecule has 3 N–H and O–H groups in total. The van der Waals surface area contributed by atoms with Crippen molar-refractivity contribution in [1.29, 1.82) is 0 Å². The van der Waals surface area contributed by atoms with E-state index in [0.717, 1.165) is 0 Å². The summed E-state index contributed by atoms with van der Waals surface area (Å²) in [5, 5.41) is 14.0. The van der Waals surface area contributed by atoms with Crippen LogP contribution in [0.2, 0.25) is 0 Å². The van der Waals surface area contributed by atoms with E-state index in [1.807, 2.05) is 0 Å². The van der Waals surface area contributed by atoms with E-state index in [-0.39, 0.29) is 13.0 Å². The van der Waals surface area contributed by atoms with E-state index in [9.17, 15) is 9.59 Å². The van der Waals surface area contributed by atoms with Gasteiger partial charge in [0, 0.05) is 5.69 Å². The number of benzene rings is 1. The van der Waals surface area contributed by atoms with E-state index in [0.29, 0.717) is 22.9 Å². The molecule has 0 spiro atoms. The van der Waals surface area contributed by atoms with E-state index in [2.05, 4.69) is 15.6 Å². The average Bonchev–Trinajstić information content (AvgIpc) is 2.84. The van der Waals surface area contributed by atoms with Crippen molar-refractivity contribution in [3.63, 3.8) is 0 Å². The number of aromatic nitrogens is 1. The molecule has 1 aromatic carbocycles. The van der Waals surface area contributed by atoms with E-state index in [4.69, 9.17) is 9.52 Å². The minimum absolute atomic E-state index is 0.154. The van der Waals surface area contributed by atoms with E-state index in [1.54, 1.807) is 37.4 Å². The Bertz CT molecular complexity index is 651. The highest BCUT2D eigenvalue weighted by molar-refractivity contribution is 5.90. The molecule has 0 aliphatic heterocycles. The topological polar surface area (TPSA) is 104 Å². The van der Waals surface area contributed by atoms with Crippen molar-refractivity contribution in [3.8, 4) is 0 Å². The second-order valence-electron chi connectivity index (χ2n) is 4.40. The maximum absolute atomic E-state index is 11.8. The third-order valence-electron chi connectivity index (χ3n) is 2.68. The predicted molar refractivity (Wildman–Crippen MR) is 74.9 cm³/mol. The molecule has 1 heterocycles. The molecule has 1 aromatic heterocycles. The van der Waals surface area contributed by atoms with Gasteiger partial charge in [0.2, 0.25) is 5.89 Å². The van der Waals surface area contributed by atoms with Crippen LogP contribution in [-0.2, 0) is 17.8 Å². The number of rotatable bonds is 5. The third-order valence-corrected chi connectivity index (χ3v) is 2.68. The molecule has 0 atom stereocenters. The van der Waals surface area contributed by atoms with Crippen LogP contribution in [-0.4, -0.2) is 22.1 Å². The molecule has 0 fully saturated rings. The van der Waals surface area contributed by atoms with Crippen molar-refractivity contribution >= 4 is 17.7 Å². The Morgan fingerprint density at radius 2 is 2.10 bits per heavy atom. The van der Waals surface area contributed by atoms with Crippen LogP contribution in [0.25, 0.3) is 0 Å². The number of anilines is 1. The predicted octanol–water partition coefficient (Wildman–Crippen LogP) is 1.93. The number of carboxylic acids is 1. The number of nitrogens with one attached hydrogen (secondary N) is 2. The average molecular weight is 289 g/mol. The first-order chi connectivity index (χ1) is 10.0. The quantitative estimate of drug-likeness (QED) is 0.780. The SMILES string of the molecule is Cc1cnc(CNC(=O)Nc2ccccc2CC(=O)O)o1. The van der Waals surface area contributed by atoms with Crippen molar-refractivity contribution in [2.24, 2.45) is 0 Å². The summed E-state index contributed by atoms with van der Waals surface area (Å²) < 4.78 is 5.23. The number of carboxylic acid groups (broad SMARTS) is 1. The molecule has 7 nitrogen and oxygen atoms in total. The molecular weight excluding hydrogens is 274 g/mol. The first-order valence-corrected chi connectivity index (χ1v) is 6.30. The van der Waals surface area contributed by atoms with Gasteiger partial charge in [-0.1, -0.05) is 18.2 Å². The van der Waals surface area contributed by atoms with Gasteiger partial charge in [-0.15, -0.1) is 0 Å². The Morgan fingerprint density at radius 1 is 1.33 bits per heavy atom. The van der Waals surface area contributed by atoms with Crippen molar-refractivity contribution in [1.82, 2.24) is 10.3 Å². The highest BCUT2D eigenvalue weighted by atomic mass is 16.4. The Kier molecular flexibility index (Phi) is 4.55. The minimum atomic E-state index is -0.958. The molecule has 2 rings (SSSR count). The van der Waals surface area contributed by atoms with Crippen LogP contribution in [0.1, 0.15) is 17.2 Å². The summed E-state index contributed by atoms with van der Waals surface area (Å²) >= 11 is 0. The lowest BCUT2D eigenvalue weighted by atomic mass is 10.1. The van der Waals surface area contributed by atoms with Crippen LogP contribution in [0.3, 0.4) is 0 Å². The van der Waals surface area contributed by atoms with Gasteiger partial charge in [0.05, 0.1) is 19.2 Å². The monoisotopic (exact) mass is 289 g/mol. The zero-order valence-corrected chi connectivity index (χ0v) is 11.4. The molecule has 0 bridgehead atoms. The second kappa shape index (κ2) is 6.56. The number of hydrogen-bond donors (Lipinski definition) is 3. The fourth-order valence-corrected chi connectivity index (χ4v) is 1.76. The molecule has 110 valence electrons. The van der Waals surface area contributed by atoms with Gasteiger partial charge >= 0.3 is 12.0 Å². The number of aliphatic carboxylic acids is 1. The van der Waals surface area contributed by atoms with E-state index in [1.165, 1.54) is 0 Å². The fraction of sp³-hybridized carbons (Fsp3) is 0.214. The lowest BCUT2D eigenvalue weighted by molar-refractivity contribution is -0.136. The van der Waals surface area contributed by atoms with Crippen LogP contribution in [0, 0.1) is 6.92 Å². The minimum Gasteiger partial charge on any atom is -0.481 e. The summed E-state index contributed by atoms with van der Waals surface area (Å²) in [6.45, 7) is 1.92. The third kappa shape index (κ3) is 4.34.